The summed E-state index contributed by atoms with van der Waals surface area (Å²) in [5.74, 6) is 0.558. The van der Waals surface area contributed by atoms with Crippen molar-refractivity contribution in [3.63, 3.8) is 0 Å². The van der Waals surface area contributed by atoms with Crippen LogP contribution in [0.2, 0.25) is 0 Å². The topological polar surface area (TPSA) is 61.9 Å². The summed E-state index contributed by atoms with van der Waals surface area (Å²) < 4.78 is 5.18. The zero-order chi connectivity index (χ0) is 23.2. The summed E-state index contributed by atoms with van der Waals surface area (Å²) in [6.45, 7) is 5.02. The molecule has 4 rings (SSSR count). The van der Waals surface area contributed by atoms with Gasteiger partial charge in [0.2, 0.25) is 0 Å². The fourth-order valence-electron chi connectivity index (χ4n) is 3.96. The van der Waals surface area contributed by atoms with E-state index in [1.54, 1.807) is 31.4 Å². The van der Waals surface area contributed by atoms with Crippen LogP contribution in [0.4, 0.5) is 11.4 Å². The smallest absolute Gasteiger partial charge is 0.255 e. The van der Waals surface area contributed by atoms with E-state index in [2.05, 4.69) is 17.1 Å². The molecule has 6 heteroatoms. The average molecular weight is 444 g/mol. The molecule has 2 amide bonds. The maximum atomic E-state index is 12.8. The monoisotopic (exact) mass is 443 g/mol. The molecule has 6 nitrogen and oxygen atoms in total. The predicted octanol–water partition coefficient (Wildman–Crippen LogP) is 4.47. The Hall–Kier alpha value is -3.80. The van der Waals surface area contributed by atoms with E-state index >= 15 is 0 Å². The Morgan fingerprint density at radius 1 is 0.879 bits per heavy atom. The van der Waals surface area contributed by atoms with Gasteiger partial charge in [-0.15, -0.1) is 0 Å². The summed E-state index contributed by atoms with van der Waals surface area (Å²) in [7, 11) is 1.58. The first kappa shape index (κ1) is 22.4. The highest BCUT2D eigenvalue weighted by Gasteiger charge is 2.22. The Balaban J connectivity index is 1.32. The number of piperazine rings is 1. The van der Waals surface area contributed by atoms with E-state index < -0.39 is 0 Å². The van der Waals surface area contributed by atoms with Gasteiger partial charge in [-0.1, -0.05) is 25.1 Å². The lowest BCUT2D eigenvalue weighted by atomic mass is 10.1. The number of hydrogen-bond acceptors (Lipinski definition) is 4. The largest absolute Gasteiger partial charge is 0.497 e. The van der Waals surface area contributed by atoms with Crippen molar-refractivity contribution in [3.8, 4) is 5.75 Å². The van der Waals surface area contributed by atoms with E-state index in [1.807, 2.05) is 53.4 Å². The van der Waals surface area contributed by atoms with Crippen molar-refractivity contribution in [2.75, 3.05) is 43.5 Å². The number of carbonyl (C=O) groups is 2. The Kier molecular flexibility index (Phi) is 6.93. The summed E-state index contributed by atoms with van der Waals surface area (Å²) >= 11 is 0. The van der Waals surface area contributed by atoms with Crippen molar-refractivity contribution in [2.24, 2.45) is 0 Å². The zero-order valence-electron chi connectivity index (χ0n) is 19.1. The first-order valence-corrected chi connectivity index (χ1v) is 11.3. The number of carbonyl (C=O) groups excluding carboxylic acids is 2. The molecule has 1 N–H and O–H groups in total. The van der Waals surface area contributed by atoms with Crippen LogP contribution in [0.25, 0.3) is 0 Å². The molecule has 0 spiro atoms. The molecule has 170 valence electrons. The van der Waals surface area contributed by atoms with Gasteiger partial charge in [-0.05, 0) is 66.6 Å². The molecule has 1 heterocycles. The number of amides is 2. The molecule has 1 aliphatic rings. The molecule has 1 aliphatic heterocycles. The highest BCUT2D eigenvalue weighted by molar-refractivity contribution is 6.04. The number of nitrogens with one attached hydrogen (secondary N) is 1. The standard InChI is InChI=1S/C27H29N3O3/c1-3-20-7-9-21(10-8-20)27(32)30-17-15-29(16-18-30)24-13-11-23(12-14-24)28-26(31)22-5-4-6-25(19-22)33-2/h4-14,19H,3,15-18H2,1-2H3,(H,28,31). The first-order chi connectivity index (χ1) is 16.1. The van der Waals surface area contributed by atoms with Crippen LogP contribution in [0.3, 0.4) is 0 Å². The zero-order valence-corrected chi connectivity index (χ0v) is 19.1. The van der Waals surface area contributed by atoms with Gasteiger partial charge in [0.15, 0.2) is 0 Å². The van der Waals surface area contributed by atoms with Crippen molar-refractivity contribution in [1.29, 1.82) is 0 Å². The van der Waals surface area contributed by atoms with Crippen molar-refractivity contribution in [2.45, 2.75) is 13.3 Å². The molecule has 0 aromatic heterocycles. The number of nitrogens with zero attached hydrogens (tertiary/aromatic N) is 2. The van der Waals surface area contributed by atoms with Crippen LogP contribution in [0.1, 0.15) is 33.2 Å². The van der Waals surface area contributed by atoms with E-state index in [-0.39, 0.29) is 11.8 Å². The molecule has 33 heavy (non-hydrogen) atoms. The SMILES string of the molecule is CCc1ccc(C(=O)N2CCN(c3ccc(NC(=O)c4cccc(OC)c4)cc3)CC2)cc1. The minimum atomic E-state index is -0.180. The molecule has 3 aromatic carbocycles. The number of anilines is 2. The van der Waals surface area contributed by atoms with Crippen molar-refractivity contribution >= 4 is 23.2 Å². The highest BCUT2D eigenvalue weighted by atomic mass is 16.5. The Bertz CT molecular complexity index is 1100. The second kappa shape index (κ2) is 10.2. The fourth-order valence-corrected chi connectivity index (χ4v) is 3.96. The lowest BCUT2D eigenvalue weighted by Crippen LogP contribution is -2.48. The van der Waals surface area contributed by atoms with Gasteiger partial charge in [0, 0.05) is 48.7 Å². The van der Waals surface area contributed by atoms with E-state index in [1.165, 1.54) is 5.56 Å². The van der Waals surface area contributed by atoms with Gasteiger partial charge < -0.3 is 19.9 Å². The Morgan fingerprint density at radius 3 is 2.21 bits per heavy atom. The predicted molar refractivity (Wildman–Crippen MR) is 131 cm³/mol. The normalized spacial score (nSPS) is 13.5. The van der Waals surface area contributed by atoms with Gasteiger partial charge in [-0.25, -0.2) is 0 Å². The van der Waals surface area contributed by atoms with Crippen LogP contribution in [-0.2, 0) is 6.42 Å². The van der Waals surface area contributed by atoms with Crippen LogP contribution in [0, 0.1) is 0 Å². The molecule has 0 radical (unpaired) electrons. The second-order valence-electron chi connectivity index (χ2n) is 8.06. The number of methoxy groups -OCH3 is 1. The molecule has 3 aromatic rings. The van der Waals surface area contributed by atoms with Crippen LogP contribution in [0.15, 0.2) is 72.8 Å². The number of aryl methyl sites for hydroxylation is 1. The summed E-state index contributed by atoms with van der Waals surface area (Å²) in [5.41, 5.74) is 4.34. The minimum Gasteiger partial charge on any atom is -0.497 e. The third kappa shape index (κ3) is 5.34. The molecule has 0 unspecified atom stereocenters. The van der Waals surface area contributed by atoms with Gasteiger partial charge in [0.05, 0.1) is 7.11 Å². The first-order valence-electron chi connectivity index (χ1n) is 11.3. The summed E-state index contributed by atoms with van der Waals surface area (Å²) in [5, 5.41) is 2.92. The Morgan fingerprint density at radius 2 is 1.58 bits per heavy atom. The number of benzene rings is 3. The van der Waals surface area contributed by atoms with Crippen LogP contribution >= 0.6 is 0 Å². The number of hydrogen-bond donors (Lipinski definition) is 1. The molecule has 0 saturated carbocycles. The van der Waals surface area contributed by atoms with Crippen molar-refractivity contribution < 1.29 is 14.3 Å². The van der Waals surface area contributed by atoms with Gasteiger partial charge >= 0.3 is 0 Å². The van der Waals surface area contributed by atoms with Crippen molar-refractivity contribution in [3.05, 3.63) is 89.5 Å². The maximum absolute atomic E-state index is 12.8. The van der Waals surface area contributed by atoms with Gasteiger partial charge in [-0.2, -0.15) is 0 Å². The molecule has 0 atom stereocenters. The molecule has 0 aliphatic carbocycles. The lowest BCUT2D eigenvalue weighted by molar-refractivity contribution is 0.0746. The van der Waals surface area contributed by atoms with Crippen LogP contribution in [0.5, 0.6) is 5.75 Å². The molecule has 0 bridgehead atoms. The van der Waals surface area contributed by atoms with Crippen LogP contribution in [-0.4, -0.2) is 50.0 Å². The van der Waals surface area contributed by atoms with E-state index in [0.29, 0.717) is 24.4 Å². The number of rotatable bonds is 6. The van der Waals surface area contributed by atoms with Crippen LogP contribution < -0.4 is 15.0 Å². The maximum Gasteiger partial charge on any atom is 0.255 e. The quantitative estimate of drug-likeness (QED) is 0.611. The molecule has 1 saturated heterocycles. The Labute approximate surface area is 194 Å². The fraction of sp³-hybridized carbons (Fsp3) is 0.259. The van der Waals surface area contributed by atoms with E-state index in [9.17, 15) is 9.59 Å². The summed E-state index contributed by atoms with van der Waals surface area (Å²) in [4.78, 5) is 29.5. The highest BCUT2D eigenvalue weighted by Crippen LogP contribution is 2.21. The van der Waals surface area contributed by atoms with E-state index in [4.69, 9.17) is 4.74 Å². The third-order valence-electron chi connectivity index (χ3n) is 6.00. The molecular formula is C27H29N3O3. The second-order valence-corrected chi connectivity index (χ2v) is 8.06. The van der Waals surface area contributed by atoms with Gasteiger partial charge in [0.25, 0.3) is 11.8 Å². The van der Waals surface area contributed by atoms with Crippen molar-refractivity contribution in [1.82, 2.24) is 4.90 Å². The molecular weight excluding hydrogens is 414 g/mol. The minimum absolute atomic E-state index is 0.0907. The lowest BCUT2D eigenvalue weighted by Gasteiger charge is -2.36. The van der Waals surface area contributed by atoms with E-state index in [0.717, 1.165) is 36.4 Å². The summed E-state index contributed by atoms with van der Waals surface area (Å²) in [6, 6.07) is 22.8. The third-order valence-corrected chi connectivity index (χ3v) is 6.00. The van der Waals surface area contributed by atoms with Gasteiger partial charge in [-0.3, -0.25) is 9.59 Å². The number of ether oxygens (including phenoxy) is 1. The molecule has 1 fully saturated rings. The van der Waals surface area contributed by atoms with Gasteiger partial charge in [0.1, 0.15) is 5.75 Å². The summed E-state index contributed by atoms with van der Waals surface area (Å²) in [6.07, 6.45) is 0.969. The average Bonchev–Trinajstić information content (AvgIpc) is 2.89.